The van der Waals surface area contributed by atoms with E-state index < -0.39 is 0 Å². The average molecular weight is 293 g/mol. The molecule has 0 radical (unpaired) electrons. The number of rotatable bonds is 2. The molecule has 0 aromatic heterocycles. The van der Waals surface area contributed by atoms with Gasteiger partial charge in [0.25, 0.3) is 0 Å². The maximum Gasteiger partial charge on any atom is 0.358 e. The zero-order valence-corrected chi connectivity index (χ0v) is 12.3. The maximum atomic E-state index is 12.1. The standard InChI is InChI=1S/C15H18ClN3O/c1-10-12(16)7-4-8-13(10)18-15-17-9-14(20)19(15)11-5-2-3-6-11/h4,7-8,11H,2-3,5-6,9H2,1H3,(H,17,18)/p+1. The maximum absolute atomic E-state index is 12.1. The van der Waals surface area contributed by atoms with Gasteiger partial charge in [-0.3, -0.25) is 9.79 Å². The molecule has 106 valence electrons. The van der Waals surface area contributed by atoms with Crippen LogP contribution in [0.15, 0.2) is 18.2 Å². The number of hydrogen-bond acceptors (Lipinski definition) is 2. The van der Waals surface area contributed by atoms with Crippen LogP contribution in [-0.4, -0.2) is 29.4 Å². The summed E-state index contributed by atoms with van der Waals surface area (Å²) in [5, 5.41) is 4.06. The van der Waals surface area contributed by atoms with Gasteiger partial charge in [-0.2, -0.15) is 4.90 Å². The molecule has 4 nitrogen and oxygen atoms in total. The van der Waals surface area contributed by atoms with Gasteiger partial charge in [-0.1, -0.05) is 17.7 Å². The van der Waals surface area contributed by atoms with E-state index in [0.717, 1.165) is 35.1 Å². The Morgan fingerprint density at radius 1 is 1.35 bits per heavy atom. The van der Waals surface area contributed by atoms with E-state index in [0.29, 0.717) is 12.6 Å². The molecule has 1 aliphatic carbocycles. The molecule has 1 aromatic carbocycles. The third kappa shape index (κ3) is 2.40. The van der Waals surface area contributed by atoms with E-state index in [1.54, 1.807) is 0 Å². The Hall–Kier alpha value is -1.55. The molecule has 3 rings (SSSR count). The highest BCUT2D eigenvalue weighted by atomic mass is 35.5. The van der Waals surface area contributed by atoms with E-state index in [-0.39, 0.29) is 5.91 Å². The van der Waals surface area contributed by atoms with Crippen molar-refractivity contribution in [2.75, 3.05) is 11.9 Å². The van der Waals surface area contributed by atoms with Gasteiger partial charge in [-0.25, -0.2) is 5.32 Å². The predicted octanol–water partition coefficient (Wildman–Crippen LogP) is 1.28. The van der Waals surface area contributed by atoms with Crippen LogP contribution in [0.5, 0.6) is 0 Å². The first-order valence-electron chi connectivity index (χ1n) is 7.12. The number of amides is 1. The number of nitrogens with one attached hydrogen (secondary N) is 2. The van der Waals surface area contributed by atoms with Crippen molar-refractivity contribution >= 4 is 29.2 Å². The van der Waals surface area contributed by atoms with Crippen molar-refractivity contribution in [2.24, 2.45) is 0 Å². The molecule has 1 aliphatic heterocycles. The van der Waals surface area contributed by atoms with E-state index in [1.165, 1.54) is 12.8 Å². The monoisotopic (exact) mass is 292 g/mol. The molecule has 0 atom stereocenters. The van der Waals surface area contributed by atoms with E-state index in [4.69, 9.17) is 11.6 Å². The molecule has 2 aliphatic rings. The lowest BCUT2D eigenvalue weighted by molar-refractivity contribution is -0.438. The third-order valence-corrected chi connectivity index (χ3v) is 4.54. The molecule has 2 N–H and O–H groups in total. The van der Waals surface area contributed by atoms with Crippen molar-refractivity contribution in [1.29, 1.82) is 0 Å². The number of nitrogens with zero attached hydrogens (tertiary/aromatic N) is 1. The van der Waals surface area contributed by atoms with Gasteiger partial charge in [0.05, 0.1) is 6.04 Å². The van der Waals surface area contributed by atoms with E-state index in [2.05, 4.69) is 10.3 Å². The van der Waals surface area contributed by atoms with Gasteiger partial charge in [-0.15, -0.1) is 0 Å². The van der Waals surface area contributed by atoms with Crippen molar-refractivity contribution < 1.29 is 9.79 Å². The highest BCUT2D eigenvalue weighted by Gasteiger charge is 2.40. The summed E-state index contributed by atoms with van der Waals surface area (Å²) in [6.45, 7) is 2.35. The van der Waals surface area contributed by atoms with Crippen molar-refractivity contribution in [1.82, 2.24) is 4.90 Å². The number of carbonyl (C=O) groups is 1. The number of benzene rings is 1. The molecule has 1 heterocycles. The van der Waals surface area contributed by atoms with Crippen molar-refractivity contribution in [2.45, 2.75) is 38.6 Å². The van der Waals surface area contributed by atoms with Crippen LogP contribution in [0.4, 0.5) is 5.69 Å². The minimum Gasteiger partial charge on any atom is -0.266 e. The molecule has 1 aromatic rings. The average Bonchev–Trinajstić information content (AvgIpc) is 3.05. The Labute approximate surface area is 123 Å². The van der Waals surface area contributed by atoms with Crippen LogP contribution in [0.1, 0.15) is 31.2 Å². The first kappa shape index (κ1) is 13.4. The van der Waals surface area contributed by atoms with Gasteiger partial charge >= 0.3 is 11.9 Å². The van der Waals surface area contributed by atoms with E-state index in [1.807, 2.05) is 30.0 Å². The fourth-order valence-electron chi connectivity index (χ4n) is 2.98. The molecule has 0 unspecified atom stereocenters. The fourth-order valence-corrected chi connectivity index (χ4v) is 3.15. The SMILES string of the molecule is Cc1c(Cl)cccc1NC1=[NH+]CC(=O)N1C1CCCC1. The van der Waals surface area contributed by atoms with Crippen LogP contribution >= 0.6 is 11.6 Å². The van der Waals surface area contributed by atoms with Crippen LogP contribution in [-0.2, 0) is 4.79 Å². The van der Waals surface area contributed by atoms with Gasteiger partial charge in [0, 0.05) is 10.6 Å². The summed E-state index contributed by atoms with van der Waals surface area (Å²) in [5.74, 6) is 0.950. The zero-order chi connectivity index (χ0) is 14.1. The Kier molecular flexibility index (Phi) is 3.66. The van der Waals surface area contributed by atoms with Crippen LogP contribution in [0.3, 0.4) is 0 Å². The molecule has 0 spiro atoms. The predicted molar refractivity (Wildman–Crippen MR) is 79.8 cm³/mol. The van der Waals surface area contributed by atoms with Crippen LogP contribution < -0.4 is 10.3 Å². The van der Waals surface area contributed by atoms with Crippen molar-refractivity contribution in [3.05, 3.63) is 28.8 Å². The van der Waals surface area contributed by atoms with Crippen LogP contribution in [0.2, 0.25) is 5.02 Å². The highest BCUT2D eigenvalue weighted by Crippen LogP contribution is 2.26. The van der Waals surface area contributed by atoms with E-state index >= 15 is 0 Å². The third-order valence-electron chi connectivity index (χ3n) is 4.13. The van der Waals surface area contributed by atoms with Gasteiger partial charge in [-0.05, 0) is 44.7 Å². The van der Waals surface area contributed by atoms with Crippen LogP contribution in [0, 0.1) is 6.92 Å². The molecule has 0 saturated heterocycles. The Balaban J connectivity index is 1.82. The summed E-state index contributed by atoms with van der Waals surface area (Å²) in [6, 6.07) is 6.09. The first-order valence-corrected chi connectivity index (χ1v) is 7.49. The van der Waals surface area contributed by atoms with Gasteiger partial charge in [0.2, 0.25) is 0 Å². The molecule has 5 heteroatoms. The lowest BCUT2D eigenvalue weighted by Gasteiger charge is -2.19. The van der Waals surface area contributed by atoms with Gasteiger partial charge in [0.15, 0.2) is 6.54 Å². The summed E-state index contributed by atoms with van der Waals surface area (Å²) in [4.78, 5) is 17.2. The molecule has 1 amide bonds. The summed E-state index contributed by atoms with van der Waals surface area (Å²) >= 11 is 6.14. The first-order chi connectivity index (χ1) is 9.66. The second-order valence-corrected chi connectivity index (χ2v) is 5.85. The number of carbonyl (C=O) groups excluding carboxylic acids is 1. The van der Waals surface area contributed by atoms with Crippen LogP contribution in [0.25, 0.3) is 0 Å². The number of anilines is 1. The van der Waals surface area contributed by atoms with Gasteiger partial charge < -0.3 is 0 Å². The largest absolute Gasteiger partial charge is 0.358 e. The molecule has 1 saturated carbocycles. The Bertz CT molecular complexity index is 564. The fraction of sp³-hybridized carbons (Fsp3) is 0.467. The second-order valence-electron chi connectivity index (χ2n) is 5.44. The minimum absolute atomic E-state index is 0.152. The molecular formula is C15H19ClN3O+. The Morgan fingerprint density at radius 3 is 2.85 bits per heavy atom. The zero-order valence-electron chi connectivity index (χ0n) is 11.6. The summed E-state index contributed by atoms with van der Waals surface area (Å²) < 4.78 is 0. The molecule has 0 bridgehead atoms. The van der Waals surface area contributed by atoms with Crippen molar-refractivity contribution in [3.63, 3.8) is 0 Å². The summed E-state index contributed by atoms with van der Waals surface area (Å²) in [7, 11) is 0. The lowest BCUT2D eigenvalue weighted by Crippen LogP contribution is -2.73. The molecule has 20 heavy (non-hydrogen) atoms. The molecule has 1 fully saturated rings. The highest BCUT2D eigenvalue weighted by molar-refractivity contribution is 6.31. The van der Waals surface area contributed by atoms with E-state index in [9.17, 15) is 4.79 Å². The minimum atomic E-state index is 0.152. The number of guanidine groups is 1. The lowest BCUT2D eigenvalue weighted by atomic mass is 10.2. The second kappa shape index (κ2) is 5.44. The number of hydrogen-bond donors (Lipinski definition) is 2. The summed E-state index contributed by atoms with van der Waals surface area (Å²) in [6.07, 6.45) is 4.59. The quantitative estimate of drug-likeness (QED) is 0.863. The Morgan fingerprint density at radius 2 is 2.10 bits per heavy atom. The number of halogens is 1. The smallest absolute Gasteiger partial charge is 0.266 e. The topological polar surface area (TPSA) is 46.3 Å². The normalized spacial score (nSPS) is 19.6. The summed E-state index contributed by atoms with van der Waals surface area (Å²) in [5.41, 5.74) is 1.94. The molecular weight excluding hydrogens is 274 g/mol. The van der Waals surface area contributed by atoms with Crippen molar-refractivity contribution in [3.8, 4) is 0 Å². The van der Waals surface area contributed by atoms with Gasteiger partial charge in [0.1, 0.15) is 5.69 Å².